The van der Waals surface area contributed by atoms with Gasteiger partial charge in [0.1, 0.15) is 6.04 Å². The topological polar surface area (TPSA) is 64.6 Å². The molecule has 5 nitrogen and oxygen atoms in total. The number of esters is 1. The molecule has 0 bridgehead atoms. The second-order valence-electron chi connectivity index (χ2n) is 6.34. The minimum Gasteiger partial charge on any atom is -0.464 e. The molecule has 0 saturated heterocycles. The zero-order valence-electron chi connectivity index (χ0n) is 15.4. The zero-order chi connectivity index (χ0) is 17.5. The molecule has 0 rings (SSSR count). The Morgan fingerprint density at radius 1 is 0.913 bits per heavy atom. The maximum atomic E-state index is 12.1. The number of alkyl carbamates (subject to hydrolysis) is 1. The van der Waals surface area contributed by atoms with Crippen LogP contribution in [-0.4, -0.2) is 31.3 Å². The third kappa shape index (κ3) is 12.9. The Labute approximate surface area is 141 Å². The summed E-state index contributed by atoms with van der Waals surface area (Å²) >= 11 is 0. The molecule has 0 saturated carbocycles. The molecule has 136 valence electrons. The predicted octanol–water partition coefficient (Wildman–Crippen LogP) is 4.44. The Kier molecular flexibility index (Phi) is 13.6. The van der Waals surface area contributed by atoms with Crippen molar-refractivity contribution in [2.45, 2.75) is 85.1 Å². The highest BCUT2D eigenvalue weighted by molar-refractivity contribution is 5.81. The molecular formula is C18H35NO4. The molecule has 0 aromatic rings. The van der Waals surface area contributed by atoms with E-state index in [2.05, 4.69) is 12.2 Å². The first-order valence-corrected chi connectivity index (χ1v) is 9.11. The van der Waals surface area contributed by atoms with Gasteiger partial charge in [-0.3, -0.25) is 0 Å². The average molecular weight is 329 g/mol. The van der Waals surface area contributed by atoms with Crippen molar-refractivity contribution in [3.8, 4) is 0 Å². The van der Waals surface area contributed by atoms with Gasteiger partial charge in [-0.05, 0) is 25.7 Å². The van der Waals surface area contributed by atoms with Crippen LogP contribution in [0, 0.1) is 5.92 Å². The van der Waals surface area contributed by atoms with Crippen LogP contribution in [0.3, 0.4) is 0 Å². The fourth-order valence-electron chi connectivity index (χ4n) is 2.33. The Balaban J connectivity index is 3.96. The normalized spacial score (nSPS) is 12.0. The van der Waals surface area contributed by atoms with Crippen molar-refractivity contribution < 1.29 is 19.1 Å². The van der Waals surface area contributed by atoms with Gasteiger partial charge < -0.3 is 14.8 Å². The monoisotopic (exact) mass is 329 g/mol. The van der Waals surface area contributed by atoms with Crippen LogP contribution in [0.15, 0.2) is 0 Å². The highest BCUT2D eigenvalue weighted by Gasteiger charge is 2.23. The highest BCUT2D eigenvalue weighted by Crippen LogP contribution is 2.09. The molecule has 0 fully saturated rings. The smallest absolute Gasteiger partial charge is 0.407 e. The fourth-order valence-corrected chi connectivity index (χ4v) is 2.33. The summed E-state index contributed by atoms with van der Waals surface area (Å²) in [5.41, 5.74) is 0. The van der Waals surface area contributed by atoms with Gasteiger partial charge in [0.25, 0.3) is 0 Å². The van der Waals surface area contributed by atoms with E-state index in [1.165, 1.54) is 32.1 Å². The lowest BCUT2D eigenvalue weighted by Gasteiger charge is -2.19. The Hall–Kier alpha value is -1.26. The SMILES string of the molecule is CCCCCCCCCOC(=O)C(CC(C)C)NC(=O)OCC. The second-order valence-corrected chi connectivity index (χ2v) is 6.34. The lowest BCUT2D eigenvalue weighted by molar-refractivity contribution is -0.146. The Morgan fingerprint density at radius 3 is 2.09 bits per heavy atom. The Morgan fingerprint density at radius 2 is 1.52 bits per heavy atom. The van der Waals surface area contributed by atoms with Gasteiger partial charge >= 0.3 is 12.1 Å². The van der Waals surface area contributed by atoms with Gasteiger partial charge in [0.05, 0.1) is 13.2 Å². The summed E-state index contributed by atoms with van der Waals surface area (Å²) in [4.78, 5) is 23.6. The first kappa shape index (κ1) is 21.7. The highest BCUT2D eigenvalue weighted by atomic mass is 16.6. The number of carbonyl (C=O) groups excluding carboxylic acids is 2. The minimum atomic E-state index is -0.626. The lowest BCUT2D eigenvalue weighted by atomic mass is 10.0. The molecule has 0 aliphatic carbocycles. The molecule has 1 unspecified atom stereocenters. The maximum absolute atomic E-state index is 12.1. The van der Waals surface area contributed by atoms with E-state index in [0.29, 0.717) is 13.0 Å². The minimum absolute atomic E-state index is 0.285. The molecule has 0 radical (unpaired) electrons. The van der Waals surface area contributed by atoms with Crippen LogP contribution in [-0.2, 0) is 14.3 Å². The van der Waals surface area contributed by atoms with E-state index in [1.54, 1.807) is 6.92 Å². The first-order chi connectivity index (χ1) is 11.0. The van der Waals surface area contributed by atoms with E-state index in [-0.39, 0.29) is 18.5 Å². The number of nitrogens with one attached hydrogen (secondary N) is 1. The van der Waals surface area contributed by atoms with E-state index in [1.807, 2.05) is 13.8 Å². The van der Waals surface area contributed by atoms with E-state index < -0.39 is 12.1 Å². The zero-order valence-corrected chi connectivity index (χ0v) is 15.4. The quantitative estimate of drug-likeness (QED) is 0.401. The van der Waals surface area contributed by atoms with E-state index >= 15 is 0 Å². The van der Waals surface area contributed by atoms with Gasteiger partial charge in [0, 0.05) is 0 Å². The average Bonchev–Trinajstić information content (AvgIpc) is 2.49. The van der Waals surface area contributed by atoms with Crippen LogP contribution in [0.5, 0.6) is 0 Å². The second kappa shape index (κ2) is 14.3. The summed E-state index contributed by atoms with van der Waals surface area (Å²) in [6.07, 6.45) is 8.23. The van der Waals surface area contributed by atoms with Crippen molar-refractivity contribution in [1.82, 2.24) is 5.32 Å². The third-order valence-electron chi connectivity index (χ3n) is 3.55. The summed E-state index contributed by atoms with van der Waals surface area (Å²) in [6, 6.07) is -0.626. The summed E-state index contributed by atoms with van der Waals surface area (Å²) in [7, 11) is 0. The van der Waals surface area contributed by atoms with Crippen LogP contribution >= 0.6 is 0 Å². The van der Waals surface area contributed by atoms with Gasteiger partial charge in [-0.15, -0.1) is 0 Å². The van der Waals surface area contributed by atoms with E-state index in [0.717, 1.165) is 12.8 Å². The molecule has 0 aliphatic rings. The largest absolute Gasteiger partial charge is 0.464 e. The van der Waals surface area contributed by atoms with Gasteiger partial charge in [-0.2, -0.15) is 0 Å². The number of hydrogen-bond donors (Lipinski definition) is 1. The number of ether oxygens (including phenoxy) is 2. The number of amides is 1. The van der Waals surface area contributed by atoms with Crippen molar-refractivity contribution in [1.29, 1.82) is 0 Å². The molecular weight excluding hydrogens is 294 g/mol. The van der Waals surface area contributed by atoms with Crippen LogP contribution in [0.25, 0.3) is 0 Å². The molecule has 1 amide bonds. The molecule has 0 aromatic carbocycles. The van der Waals surface area contributed by atoms with Crippen LogP contribution in [0.2, 0.25) is 0 Å². The molecule has 1 atom stereocenters. The molecule has 0 aromatic heterocycles. The van der Waals surface area contributed by atoms with Crippen molar-refractivity contribution in [3.05, 3.63) is 0 Å². The molecule has 0 heterocycles. The third-order valence-corrected chi connectivity index (χ3v) is 3.55. The number of hydrogen-bond acceptors (Lipinski definition) is 4. The summed E-state index contributed by atoms with van der Waals surface area (Å²) in [6.45, 7) is 8.65. The van der Waals surface area contributed by atoms with Crippen molar-refractivity contribution in [2.24, 2.45) is 5.92 Å². The summed E-state index contributed by atoms with van der Waals surface area (Å²) < 4.78 is 10.1. The number of rotatable bonds is 13. The van der Waals surface area contributed by atoms with Crippen LogP contribution in [0.1, 0.15) is 79.1 Å². The number of unbranched alkanes of at least 4 members (excludes halogenated alkanes) is 6. The van der Waals surface area contributed by atoms with E-state index in [4.69, 9.17) is 9.47 Å². The van der Waals surface area contributed by atoms with Gasteiger partial charge in [0.2, 0.25) is 0 Å². The molecule has 1 N–H and O–H groups in total. The van der Waals surface area contributed by atoms with E-state index in [9.17, 15) is 9.59 Å². The summed E-state index contributed by atoms with van der Waals surface area (Å²) in [5.74, 6) is -0.0780. The van der Waals surface area contributed by atoms with Crippen molar-refractivity contribution in [2.75, 3.05) is 13.2 Å². The molecule has 0 spiro atoms. The standard InChI is InChI=1S/C18H35NO4/c1-5-7-8-9-10-11-12-13-23-17(20)16(14-15(3)4)19-18(21)22-6-2/h15-16H,5-14H2,1-4H3,(H,19,21). The fraction of sp³-hybridized carbons (Fsp3) is 0.889. The lowest BCUT2D eigenvalue weighted by Crippen LogP contribution is -2.43. The van der Waals surface area contributed by atoms with Crippen LogP contribution in [0.4, 0.5) is 4.79 Å². The maximum Gasteiger partial charge on any atom is 0.407 e. The van der Waals surface area contributed by atoms with Gasteiger partial charge in [0.15, 0.2) is 0 Å². The number of carbonyl (C=O) groups is 2. The van der Waals surface area contributed by atoms with Crippen molar-refractivity contribution >= 4 is 12.1 Å². The first-order valence-electron chi connectivity index (χ1n) is 9.11. The molecule has 0 aliphatic heterocycles. The summed E-state index contributed by atoms with van der Waals surface area (Å²) in [5, 5.41) is 2.59. The van der Waals surface area contributed by atoms with Gasteiger partial charge in [-0.1, -0.05) is 59.3 Å². The molecule has 5 heteroatoms. The van der Waals surface area contributed by atoms with Gasteiger partial charge in [-0.25, -0.2) is 9.59 Å². The predicted molar refractivity (Wildman–Crippen MR) is 92.4 cm³/mol. The molecule has 23 heavy (non-hydrogen) atoms. The van der Waals surface area contributed by atoms with Crippen molar-refractivity contribution in [3.63, 3.8) is 0 Å². The Bertz CT molecular complexity index is 318. The van der Waals surface area contributed by atoms with Crippen LogP contribution < -0.4 is 5.32 Å².